The Hall–Kier alpha value is -2.00. The van der Waals surface area contributed by atoms with E-state index in [1.165, 1.54) is 21.8 Å². The number of carbonyl (C=O) groups excluding carboxylic acids is 1. The molecule has 6 nitrogen and oxygen atoms in total. The van der Waals surface area contributed by atoms with E-state index >= 15 is 0 Å². The zero-order chi connectivity index (χ0) is 23.1. The van der Waals surface area contributed by atoms with E-state index in [0.717, 1.165) is 34.7 Å². The minimum Gasteiger partial charge on any atom is -0.495 e. The molecule has 1 amide bonds. The van der Waals surface area contributed by atoms with E-state index in [0.29, 0.717) is 23.8 Å². The number of aromatic nitrogens is 1. The molecule has 0 spiro atoms. The molecule has 0 aliphatic carbocycles. The fourth-order valence-corrected chi connectivity index (χ4v) is 5.17. The summed E-state index contributed by atoms with van der Waals surface area (Å²) in [6.07, 6.45) is 1.30. The van der Waals surface area contributed by atoms with E-state index in [1.807, 2.05) is 26.2 Å². The van der Waals surface area contributed by atoms with Crippen LogP contribution in [0, 0.1) is 6.92 Å². The lowest BCUT2D eigenvalue weighted by Crippen LogP contribution is -2.36. The van der Waals surface area contributed by atoms with Crippen LogP contribution in [-0.2, 0) is 4.79 Å². The van der Waals surface area contributed by atoms with Crippen LogP contribution in [0.3, 0.4) is 0 Å². The molecule has 0 unspecified atom stereocenters. The quantitative estimate of drug-likeness (QED) is 0.251. The fourth-order valence-electron chi connectivity index (χ4n) is 3.20. The number of anilines is 1. The smallest absolute Gasteiger partial charge is 0.228 e. The van der Waals surface area contributed by atoms with Crippen molar-refractivity contribution in [2.24, 2.45) is 0 Å². The van der Waals surface area contributed by atoms with Crippen molar-refractivity contribution in [1.82, 2.24) is 9.88 Å². The number of ether oxygens (including phenoxy) is 2. The van der Waals surface area contributed by atoms with Gasteiger partial charge in [0.15, 0.2) is 5.13 Å². The number of amides is 1. The summed E-state index contributed by atoms with van der Waals surface area (Å²) < 4.78 is 11.9. The number of rotatable bonds is 11. The number of hydrogen-bond acceptors (Lipinski definition) is 7. The molecule has 0 aliphatic rings. The number of thioether (sulfide) groups is 1. The van der Waals surface area contributed by atoms with Gasteiger partial charge >= 0.3 is 0 Å². The van der Waals surface area contributed by atoms with Gasteiger partial charge in [0.25, 0.3) is 0 Å². The van der Waals surface area contributed by atoms with Crippen molar-refractivity contribution in [3.63, 3.8) is 0 Å². The van der Waals surface area contributed by atoms with Crippen molar-refractivity contribution in [3.05, 3.63) is 42.0 Å². The summed E-state index contributed by atoms with van der Waals surface area (Å²) in [4.78, 5) is 23.1. The van der Waals surface area contributed by atoms with Crippen molar-refractivity contribution in [1.29, 1.82) is 0 Å². The molecule has 2 aromatic carbocycles. The van der Waals surface area contributed by atoms with Crippen LogP contribution in [0.2, 0.25) is 0 Å². The van der Waals surface area contributed by atoms with Crippen LogP contribution in [0.4, 0.5) is 5.13 Å². The first-order chi connectivity index (χ1) is 15.4. The number of benzene rings is 2. The Labute approximate surface area is 210 Å². The molecular weight excluding hydrogens is 478 g/mol. The van der Waals surface area contributed by atoms with Crippen molar-refractivity contribution in [3.8, 4) is 11.5 Å². The Bertz CT molecular complexity index is 1000. The SMILES string of the molecule is COc1ccc(OC)c2sc(N(CCN(C)C)C(=O)CCCSc3ccc(C)cc3)nc12.Cl. The first kappa shape index (κ1) is 27.2. The number of aryl methyl sites for hydroxylation is 1. The maximum atomic E-state index is 13.2. The van der Waals surface area contributed by atoms with Gasteiger partial charge in [0.1, 0.15) is 21.7 Å². The summed E-state index contributed by atoms with van der Waals surface area (Å²) in [6, 6.07) is 12.2. The monoisotopic (exact) mass is 509 g/mol. The minimum absolute atomic E-state index is 0. The van der Waals surface area contributed by atoms with Crippen LogP contribution in [0.5, 0.6) is 11.5 Å². The second-order valence-electron chi connectivity index (χ2n) is 7.76. The maximum absolute atomic E-state index is 13.2. The summed E-state index contributed by atoms with van der Waals surface area (Å²) in [5, 5.41) is 0.681. The van der Waals surface area contributed by atoms with Crippen molar-refractivity contribution in [2.75, 3.05) is 52.1 Å². The predicted molar refractivity (Wildman–Crippen MR) is 142 cm³/mol. The Kier molecular flexibility index (Phi) is 10.8. The van der Waals surface area contributed by atoms with Gasteiger partial charge in [-0.3, -0.25) is 9.69 Å². The number of carbonyl (C=O) groups is 1. The highest BCUT2D eigenvalue weighted by atomic mass is 35.5. The largest absolute Gasteiger partial charge is 0.495 e. The van der Waals surface area contributed by atoms with E-state index in [2.05, 4.69) is 36.1 Å². The molecule has 0 aliphatic heterocycles. The van der Waals surface area contributed by atoms with E-state index in [-0.39, 0.29) is 18.3 Å². The van der Waals surface area contributed by atoms with Gasteiger partial charge in [0, 0.05) is 24.4 Å². The number of thiazole rings is 1. The Morgan fingerprint density at radius 3 is 2.33 bits per heavy atom. The average molecular weight is 510 g/mol. The van der Waals surface area contributed by atoms with Gasteiger partial charge in [0.05, 0.1) is 14.2 Å². The van der Waals surface area contributed by atoms with Crippen LogP contribution in [-0.4, -0.2) is 62.9 Å². The van der Waals surface area contributed by atoms with Crippen LogP contribution >= 0.6 is 35.5 Å². The number of methoxy groups -OCH3 is 2. The highest BCUT2D eigenvalue weighted by Crippen LogP contribution is 2.40. The molecule has 0 radical (unpaired) electrons. The normalized spacial score (nSPS) is 10.8. The Balaban J connectivity index is 0.00000385. The molecule has 0 atom stereocenters. The molecule has 0 bridgehead atoms. The van der Waals surface area contributed by atoms with Crippen molar-refractivity contribution in [2.45, 2.75) is 24.7 Å². The highest BCUT2D eigenvalue weighted by Gasteiger charge is 2.22. The first-order valence-electron chi connectivity index (χ1n) is 10.6. The zero-order valence-electron chi connectivity index (χ0n) is 19.8. The number of hydrogen-bond donors (Lipinski definition) is 0. The second-order valence-corrected chi connectivity index (χ2v) is 9.90. The first-order valence-corrected chi connectivity index (χ1v) is 12.4. The van der Waals surface area contributed by atoms with Crippen LogP contribution in [0.1, 0.15) is 18.4 Å². The summed E-state index contributed by atoms with van der Waals surface area (Å²) in [5.74, 6) is 2.41. The highest BCUT2D eigenvalue weighted by molar-refractivity contribution is 7.99. The van der Waals surface area contributed by atoms with Gasteiger partial charge in [-0.15, -0.1) is 24.2 Å². The third kappa shape index (κ3) is 7.24. The molecular formula is C24H32ClN3O3S2. The predicted octanol–water partition coefficient (Wildman–Crippen LogP) is 5.51. The number of fused-ring (bicyclic) bond motifs is 1. The number of nitrogens with zero attached hydrogens (tertiary/aromatic N) is 3. The van der Waals surface area contributed by atoms with E-state index < -0.39 is 0 Å². The van der Waals surface area contributed by atoms with Crippen LogP contribution in [0.15, 0.2) is 41.3 Å². The van der Waals surface area contributed by atoms with Crippen LogP contribution < -0.4 is 14.4 Å². The van der Waals surface area contributed by atoms with Gasteiger partial charge in [-0.1, -0.05) is 29.0 Å². The summed E-state index contributed by atoms with van der Waals surface area (Å²) in [6.45, 7) is 3.43. The molecule has 0 N–H and O–H groups in total. The van der Waals surface area contributed by atoms with Gasteiger partial charge in [-0.2, -0.15) is 0 Å². The molecule has 33 heavy (non-hydrogen) atoms. The third-order valence-electron chi connectivity index (χ3n) is 5.03. The molecule has 9 heteroatoms. The molecule has 3 rings (SSSR count). The number of likely N-dealkylation sites (N-methyl/N-ethyl adjacent to an activating group) is 1. The van der Waals surface area contributed by atoms with E-state index in [4.69, 9.17) is 14.5 Å². The molecule has 0 fully saturated rings. The lowest BCUT2D eigenvalue weighted by atomic mass is 10.2. The van der Waals surface area contributed by atoms with Gasteiger partial charge in [-0.25, -0.2) is 4.98 Å². The van der Waals surface area contributed by atoms with Gasteiger partial charge < -0.3 is 14.4 Å². The lowest BCUT2D eigenvalue weighted by molar-refractivity contribution is -0.118. The molecule has 0 saturated carbocycles. The standard InChI is InChI=1S/C24H31N3O3S2.ClH/c1-17-8-10-18(11-9-17)31-16-6-7-21(28)27(15-14-26(2)3)24-25-22-19(29-4)12-13-20(30-5)23(22)32-24;/h8-13H,6-7,14-16H2,1-5H3;1H. The zero-order valence-corrected chi connectivity index (χ0v) is 22.2. The minimum atomic E-state index is 0. The molecule has 3 aromatic rings. The van der Waals surface area contributed by atoms with Gasteiger partial charge in [0.2, 0.25) is 5.91 Å². The van der Waals surface area contributed by atoms with E-state index in [1.54, 1.807) is 30.9 Å². The average Bonchev–Trinajstić information content (AvgIpc) is 3.22. The Morgan fingerprint density at radius 1 is 1.03 bits per heavy atom. The molecule has 1 heterocycles. The topological polar surface area (TPSA) is 54.9 Å². The Morgan fingerprint density at radius 2 is 1.70 bits per heavy atom. The summed E-state index contributed by atoms with van der Waals surface area (Å²) in [7, 11) is 7.28. The third-order valence-corrected chi connectivity index (χ3v) is 7.22. The second kappa shape index (κ2) is 13.0. The molecule has 0 saturated heterocycles. The summed E-state index contributed by atoms with van der Waals surface area (Å²) >= 11 is 3.25. The van der Waals surface area contributed by atoms with Crippen LogP contribution in [0.25, 0.3) is 10.2 Å². The summed E-state index contributed by atoms with van der Waals surface area (Å²) in [5.41, 5.74) is 1.98. The molecule has 180 valence electrons. The molecule has 1 aromatic heterocycles. The van der Waals surface area contributed by atoms with Crippen molar-refractivity contribution >= 4 is 56.8 Å². The lowest BCUT2D eigenvalue weighted by Gasteiger charge is -2.22. The maximum Gasteiger partial charge on any atom is 0.228 e. The number of halogens is 1. The van der Waals surface area contributed by atoms with Crippen molar-refractivity contribution < 1.29 is 14.3 Å². The fraction of sp³-hybridized carbons (Fsp3) is 0.417. The van der Waals surface area contributed by atoms with E-state index in [9.17, 15) is 4.79 Å². The van der Waals surface area contributed by atoms with Gasteiger partial charge in [-0.05, 0) is 57.5 Å².